The van der Waals surface area contributed by atoms with E-state index in [1.165, 1.54) is 6.42 Å². The molecular weight excluding hydrogens is 286 g/mol. The summed E-state index contributed by atoms with van der Waals surface area (Å²) in [7, 11) is 0. The van der Waals surface area contributed by atoms with Crippen molar-refractivity contribution in [2.75, 3.05) is 0 Å². The first kappa shape index (κ1) is 10.8. The first-order chi connectivity index (χ1) is 7.51. The fraction of sp³-hybridized carbons (Fsp3) is 0.833. The van der Waals surface area contributed by atoms with Gasteiger partial charge in [-0.3, -0.25) is 0 Å². The van der Waals surface area contributed by atoms with Gasteiger partial charge in [0.2, 0.25) is 0 Å². The van der Waals surface area contributed by atoms with Gasteiger partial charge in [-0.25, -0.2) is 0 Å². The molecule has 4 aliphatic carbocycles. The lowest BCUT2D eigenvalue weighted by molar-refractivity contribution is 0.309. The minimum absolute atomic E-state index is 0.0328. The highest BCUT2D eigenvalue weighted by Crippen LogP contribution is 2.76. The lowest BCUT2D eigenvalue weighted by Crippen LogP contribution is -2.23. The maximum atomic E-state index is 6.39. The first-order valence-corrected chi connectivity index (χ1v) is 7.48. The number of hydrogen-bond donors (Lipinski definition) is 0. The zero-order chi connectivity index (χ0) is 11.2. The van der Waals surface area contributed by atoms with E-state index in [2.05, 4.69) is 6.08 Å². The second-order valence-corrected chi connectivity index (χ2v) is 8.15. The van der Waals surface area contributed by atoms with Gasteiger partial charge in [0.05, 0.1) is 5.38 Å². The molecule has 0 nitrogen and oxygen atoms in total. The Morgan fingerprint density at radius 2 is 1.94 bits per heavy atom. The van der Waals surface area contributed by atoms with Crippen LogP contribution in [0.4, 0.5) is 0 Å². The highest BCUT2D eigenvalue weighted by molar-refractivity contribution is 6.51. The van der Waals surface area contributed by atoms with Crippen LogP contribution in [-0.4, -0.2) is 9.71 Å². The van der Waals surface area contributed by atoms with Crippen LogP contribution in [0.3, 0.4) is 0 Å². The van der Waals surface area contributed by atoms with Gasteiger partial charge in [0.15, 0.2) is 0 Å². The topological polar surface area (TPSA) is 0 Å². The number of alkyl halides is 3. The Kier molecular flexibility index (Phi) is 2.07. The summed E-state index contributed by atoms with van der Waals surface area (Å²) in [5.41, 5.74) is 0. The van der Waals surface area contributed by atoms with Crippen LogP contribution in [0.25, 0.3) is 0 Å². The second kappa shape index (κ2) is 3.07. The Balaban J connectivity index is 1.72. The molecular formula is C12H12Cl4. The average molecular weight is 298 g/mol. The molecule has 0 spiro atoms. The van der Waals surface area contributed by atoms with Crippen molar-refractivity contribution in [1.82, 2.24) is 0 Å². The Hall–Kier alpha value is 0.900. The summed E-state index contributed by atoms with van der Waals surface area (Å²) in [4.78, 5) is 0. The van der Waals surface area contributed by atoms with E-state index in [0.717, 1.165) is 11.5 Å². The lowest BCUT2D eigenvalue weighted by atomic mass is 9.86. The molecule has 0 aromatic rings. The van der Waals surface area contributed by atoms with E-state index < -0.39 is 4.33 Å². The standard InChI is InChI=1S/C12H12Cl4/c13-8-2-4-1-6(11(8)14)5-3-7-10(9(4)5)12(7,15)16/h2,4-7,9-11H,1,3H2/t4-,5-,6+,7-,9-,10-,11+/m0/s1. The number of halogens is 4. The molecule has 88 valence electrons. The van der Waals surface area contributed by atoms with Gasteiger partial charge in [0.1, 0.15) is 4.33 Å². The molecule has 16 heavy (non-hydrogen) atoms. The smallest absolute Gasteiger partial charge is 0.117 e. The van der Waals surface area contributed by atoms with Crippen molar-refractivity contribution in [3.8, 4) is 0 Å². The van der Waals surface area contributed by atoms with E-state index in [9.17, 15) is 0 Å². The van der Waals surface area contributed by atoms with Gasteiger partial charge < -0.3 is 0 Å². The fourth-order valence-electron chi connectivity index (χ4n) is 4.67. The van der Waals surface area contributed by atoms with E-state index in [4.69, 9.17) is 46.4 Å². The predicted octanol–water partition coefficient (Wildman–Crippen LogP) is 4.42. The lowest BCUT2D eigenvalue weighted by Gasteiger charge is -2.25. The van der Waals surface area contributed by atoms with Crippen molar-refractivity contribution >= 4 is 46.4 Å². The molecule has 4 heteroatoms. The van der Waals surface area contributed by atoms with Crippen LogP contribution in [-0.2, 0) is 0 Å². The van der Waals surface area contributed by atoms with E-state index in [1.807, 2.05) is 0 Å². The van der Waals surface area contributed by atoms with Crippen LogP contribution in [0.2, 0.25) is 0 Å². The Morgan fingerprint density at radius 1 is 1.19 bits per heavy atom. The summed E-state index contributed by atoms with van der Waals surface area (Å²) < 4.78 is -0.444. The van der Waals surface area contributed by atoms with Crippen molar-refractivity contribution in [1.29, 1.82) is 0 Å². The summed E-state index contributed by atoms with van der Waals surface area (Å²) in [6, 6.07) is 0. The van der Waals surface area contributed by atoms with Crippen molar-refractivity contribution in [3.63, 3.8) is 0 Å². The Morgan fingerprint density at radius 3 is 2.69 bits per heavy atom. The van der Waals surface area contributed by atoms with Crippen LogP contribution in [0.1, 0.15) is 12.8 Å². The SMILES string of the molecule is ClC1=C[C@@H]2C[C@H]([C@@H]3C[C@H]4[C@@H]([C@H]32)C4(Cl)Cl)[C@H]1Cl. The molecule has 2 bridgehead atoms. The predicted molar refractivity (Wildman–Crippen MR) is 68.2 cm³/mol. The number of allylic oxidation sites excluding steroid dienone is 2. The minimum Gasteiger partial charge on any atom is -0.117 e. The van der Waals surface area contributed by atoms with Crippen molar-refractivity contribution in [2.45, 2.75) is 22.6 Å². The molecule has 0 amide bonds. The molecule has 0 aliphatic heterocycles. The van der Waals surface area contributed by atoms with Crippen LogP contribution < -0.4 is 0 Å². The quantitative estimate of drug-likeness (QED) is 0.581. The summed E-state index contributed by atoms with van der Waals surface area (Å²) in [6.07, 6.45) is 4.52. The van der Waals surface area contributed by atoms with Crippen LogP contribution >= 0.6 is 46.4 Å². The summed E-state index contributed by atoms with van der Waals surface area (Å²) in [5.74, 6) is 3.50. The van der Waals surface area contributed by atoms with E-state index in [1.54, 1.807) is 0 Å². The van der Waals surface area contributed by atoms with Crippen molar-refractivity contribution in [2.24, 2.45) is 35.5 Å². The molecule has 0 radical (unpaired) electrons. The third-order valence-corrected chi connectivity index (χ3v) is 7.40. The highest BCUT2D eigenvalue weighted by Gasteiger charge is 2.75. The molecule has 0 saturated heterocycles. The van der Waals surface area contributed by atoms with Gasteiger partial charge >= 0.3 is 0 Å². The van der Waals surface area contributed by atoms with Crippen molar-refractivity contribution in [3.05, 3.63) is 11.1 Å². The number of fused-ring (bicyclic) bond motifs is 7. The van der Waals surface area contributed by atoms with Crippen LogP contribution in [0, 0.1) is 35.5 Å². The fourth-order valence-corrected chi connectivity index (χ4v) is 6.27. The normalized spacial score (nSPS) is 60.2. The first-order valence-electron chi connectivity index (χ1n) is 5.91. The average Bonchev–Trinajstić information content (AvgIpc) is 2.63. The molecule has 4 aliphatic rings. The summed E-state index contributed by atoms with van der Waals surface area (Å²) in [6.45, 7) is 0. The van der Waals surface area contributed by atoms with Crippen LogP contribution in [0.15, 0.2) is 11.1 Å². The molecule has 4 rings (SSSR count). The summed E-state index contributed by atoms with van der Waals surface area (Å²) >= 11 is 25.2. The minimum atomic E-state index is -0.444. The Bertz CT molecular complexity index is 388. The summed E-state index contributed by atoms with van der Waals surface area (Å²) in [5, 5.41) is 0.884. The molecule has 3 fully saturated rings. The second-order valence-electron chi connectivity index (χ2n) is 5.80. The molecule has 0 aromatic carbocycles. The van der Waals surface area contributed by atoms with Gasteiger partial charge in [0.25, 0.3) is 0 Å². The zero-order valence-electron chi connectivity index (χ0n) is 8.54. The Labute approximate surface area is 115 Å². The van der Waals surface area contributed by atoms with Gasteiger partial charge in [-0.2, -0.15) is 0 Å². The van der Waals surface area contributed by atoms with Crippen molar-refractivity contribution < 1.29 is 0 Å². The maximum Gasteiger partial charge on any atom is 0.125 e. The number of rotatable bonds is 0. The van der Waals surface area contributed by atoms with Gasteiger partial charge in [-0.15, -0.1) is 34.8 Å². The molecule has 0 N–H and O–H groups in total. The number of hydrogen-bond acceptors (Lipinski definition) is 0. The zero-order valence-corrected chi connectivity index (χ0v) is 11.6. The van der Waals surface area contributed by atoms with E-state index in [0.29, 0.717) is 35.5 Å². The largest absolute Gasteiger partial charge is 0.125 e. The molecule has 0 aromatic heterocycles. The monoisotopic (exact) mass is 296 g/mol. The maximum absolute atomic E-state index is 6.39. The van der Waals surface area contributed by atoms with E-state index in [-0.39, 0.29) is 5.38 Å². The molecule has 7 atom stereocenters. The van der Waals surface area contributed by atoms with Crippen LogP contribution in [0.5, 0.6) is 0 Å². The third-order valence-electron chi connectivity index (χ3n) is 5.30. The van der Waals surface area contributed by atoms with Gasteiger partial charge in [0, 0.05) is 11.0 Å². The highest BCUT2D eigenvalue weighted by atomic mass is 35.5. The van der Waals surface area contributed by atoms with E-state index >= 15 is 0 Å². The third kappa shape index (κ3) is 1.11. The molecule has 0 heterocycles. The van der Waals surface area contributed by atoms with Gasteiger partial charge in [-0.1, -0.05) is 17.7 Å². The molecule has 3 saturated carbocycles. The van der Waals surface area contributed by atoms with Gasteiger partial charge in [-0.05, 0) is 42.4 Å². The molecule has 0 unspecified atom stereocenters.